The van der Waals surface area contributed by atoms with Gasteiger partial charge in [-0.3, -0.25) is 4.79 Å². The highest BCUT2D eigenvalue weighted by Crippen LogP contribution is 2.22. The first-order valence-electron chi connectivity index (χ1n) is 6.76. The number of carbonyl (C=O) groups is 3. The molecule has 1 aromatic carbocycles. The van der Waals surface area contributed by atoms with E-state index in [0.29, 0.717) is 11.8 Å². The average molecular weight is 310 g/mol. The van der Waals surface area contributed by atoms with Gasteiger partial charge in [0.1, 0.15) is 17.8 Å². The maximum absolute atomic E-state index is 11.2. The quantitative estimate of drug-likeness (QED) is 0.503. The second-order valence-electron chi connectivity index (χ2n) is 4.04. The summed E-state index contributed by atoms with van der Waals surface area (Å²) in [5, 5.41) is 0. The molecule has 22 heavy (non-hydrogen) atoms. The SMILES string of the molecule is CCOC(=O)COc1cc(C=O)cc(OCC(=O)OCC)c1. The Kier molecular flexibility index (Phi) is 7.45. The Hall–Kier alpha value is -2.57. The Morgan fingerprint density at radius 2 is 1.36 bits per heavy atom. The van der Waals surface area contributed by atoms with Crippen LogP contribution in [0.2, 0.25) is 0 Å². The molecule has 0 N–H and O–H groups in total. The zero-order valence-electron chi connectivity index (χ0n) is 12.5. The lowest BCUT2D eigenvalue weighted by Gasteiger charge is -2.10. The van der Waals surface area contributed by atoms with E-state index in [4.69, 9.17) is 18.9 Å². The van der Waals surface area contributed by atoms with Gasteiger partial charge in [0.2, 0.25) is 0 Å². The van der Waals surface area contributed by atoms with Gasteiger partial charge in [-0.25, -0.2) is 9.59 Å². The third-order valence-electron chi connectivity index (χ3n) is 2.36. The lowest BCUT2D eigenvalue weighted by Crippen LogP contribution is -2.15. The third-order valence-corrected chi connectivity index (χ3v) is 2.36. The summed E-state index contributed by atoms with van der Waals surface area (Å²) >= 11 is 0. The number of carbonyl (C=O) groups excluding carboxylic acids is 3. The van der Waals surface area contributed by atoms with Gasteiger partial charge < -0.3 is 18.9 Å². The van der Waals surface area contributed by atoms with E-state index in [0.717, 1.165) is 0 Å². The van der Waals surface area contributed by atoms with Gasteiger partial charge in [-0.1, -0.05) is 0 Å². The normalized spacial score (nSPS) is 9.73. The smallest absolute Gasteiger partial charge is 0.344 e. The van der Waals surface area contributed by atoms with Crippen LogP contribution in [-0.2, 0) is 19.1 Å². The molecular formula is C15H18O7. The Balaban J connectivity index is 2.69. The fourth-order valence-electron chi connectivity index (χ4n) is 1.52. The summed E-state index contributed by atoms with van der Waals surface area (Å²) in [4.78, 5) is 33.4. The van der Waals surface area contributed by atoms with Crippen molar-refractivity contribution in [3.8, 4) is 11.5 Å². The molecule has 0 amide bonds. The molecule has 0 unspecified atom stereocenters. The first-order chi connectivity index (χ1) is 10.6. The van der Waals surface area contributed by atoms with Crippen LogP contribution in [-0.4, -0.2) is 44.7 Å². The monoisotopic (exact) mass is 310 g/mol. The zero-order valence-corrected chi connectivity index (χ0v) is 12.5. The number of hydrogen-bond donors (Lipinski definition) is 0. The van der Waals surface area contributed by atoms with Crippen LogP contribution < -0.4 is 9.47 Å². The molecule has 0 aromatic heterocycles. The van der Waals surface area contributed by atoms with Gasteiger partial charge in [-0.2, -0.15) is 0 Å². The van der Waals surface area contributed by atoms with E-state index in [1.54, 1.807) is 13.8 Å². The van der Waals surface area contributed by atoms with Crippen LogP contribution in [0.4, 0.5) is 0 Å². The van der Waals surface area contributed by atoms with E-state index in [1.165, 1.54) is 18.2 Å². The number of ether oxygens (including phenoxy) is 4. The zero-order chi connectivity index (χ0) is 16.4. The molecule has 0 spiro atoms. The van der Waals surface area contributed by atoms with Crippen molar-refractivity contribution in [2.45, 2.75) is 13.8 Å². The maximum atomic E-state index is 11.2. The van der Waals surface area contributed by atoms with Crippen LogP contribution in [0.5, 0.6) is 11.5 Å². The lowest BCUT2D eigenvalue weighted by molar-refractivity contribution is -0.146. The second-order valence-corrected chi connectivity index (χ2v) is 4.04. The third kappa shape index (κ3) is 6.25. The number of hydrogen-bond acceptors (Lipinski definition) is 7. The fourth-order valence-corrected chi connectivity index (χ4v) is 1.52. The van der Waals surface area contributed by atoms with Crippen molar-refractivity contribution in [1.29, 1.82) is 0 Å². The highest BCUT2D eigenvalue weighted by Gasteiger charge is 2.08. The second kappa shape index (κ2) is 9.38. The van der Waals surface area contributed by atoms with Gasteiger partial charge >= 0.3 is 11.9 Å². The molecule has 0 saturated carbocycles. The van der Waals surface area contributed by atoms with Gasteiger partial charge in [-0.05, 0) is 26.0 Å². The summed E-state index contributed by atoms with van der Waals surface area (Å²) in [5.74, 6) is -0.519. The number of esters is 2. The molecule has 0 saturated heterocycles. The van der Waals surface area contributed by atoms with Gasteiger partial charge in [0.05, 0.1) is 13.2 Å². The average Bonchev–Trinajstić information content (AvgIpc) is 2.51. The molecule has 0 radical (unpaired) electrons. The minimum atomic E-state index is -0.520. The van der Waals surface area contributed by atoms with Gasteiger partial charge in [0.15, 0.2) is 13.2 Å². The molecule has 0 fully saturated rings. The van der Waals surface area contributed by atoms with Crippen LogP contribution in [0.3, 0.4) is 0 Å². The molecule has 0 heterocycles. The van der Waals surface area contributed by atoms with Crippen molar-refractivity contribution in [3.05, 3.63) is 23.8 Å². The Bertz CT molecular complexity index is 484. The van der Waals surface area contributed by atoms with Crippen molar-refractivity contribution >= 4 is 18.2 Å². The van der Waals surface area contributed by atoms with Crippen molar-refractivity contribution in [2.75, 3.05) is 26.4 Å². The van der Waals surface area contributed by atoms with Crippen molar-refractivity contribution in [2.24, 2.45) is 0 Å². The highest BCUT2D eigenvalue weighted by molar-refractivity contribution is 5.77. The summed E-state index contributed by atoms with van der Waals surface area (Å²) in [6.45, 7) is 3.31. The topological polar surface area (TPSA) is 88.1 Å². The van der Waals surface area contributed by atoms with Crippen LogP contribution in [0.1, 0.15) is 24.2 Å². The molecular weight excluding hydrogens is 292 g/mol. The molecule has 1 aromatic rings. The fraction of sp³-hybridized carbons (Fsp3) is 0.400. The number of benzene rings is 1. The van der Waals surface area contributed by atoms with Crippen molar-refractivity contribution in [3.63, 3.8) is 0 Å². The molecule has 0 aliphatic carbocycles. The molecule has 7 nitrogen and oxygen atoms in total. The summed E-state index contributed by atoms with van der Waals surface area (Å²) in [7, 11) is 0. The highest BCUT2D eigenvalue weighted by atomic mass is 16.6. The molecule has 0 atom stereocenters. The molecule has 0 aliphatic heterocycles. The first-order valence-corrected chi connectivity index (χ1v) is 6.76. The predicted octanol–water partition coefficient (Wildman–Crippen LogP) is 1.38. The molecule has 0 bridgehead atoms. The predicted molar refractivity (Wildman–Crippen MR) is 76.1 cm³/mol. The van der Waals surface area contributed by atoms with E-state index in [9.17, 15) is 14.4 Å². The molecule has 1 rings (SSSR count). The Labute approximate surface area is 128 Å². The van der Waals surface area contributed by atoms with Crippen LogP contribution in [0, 0.1) is 0 Å². The van der Waals surface area contributed by atoms with Crippen molar-refractivity contribution in [1.82, 2.24) is 0 Å². The van der Waals surface area contributed by atoms with Crippen LogP contribution in [0.15, 0.2) is 18.2 Å². The number of rotatable bonds is 9. The van der Waals surface area contributed by atoms with Crippen molar-refractivity contribution < 1.29 is 33.3 Å². The molecule has 7 heteroatoms. The maximum Gasteiger partial charge on any atom is 0.344 e. The standard InChI is InChI=1S/C15H18O7/c1-3-19-14(17)9-21-12-5-11(8-16)6-13(7-12)22-10-15(18)20-4-2/h5-8H,3-4,9-10H2,1-2H3. The van der Waals surface area contributed by atoms with Crippen LogP contribution in [0.25, 0.3) is 0 Å². The minimum absolute atomic E-state index is 0.254. The minimum Gasteiger partial charge on any atom is -0.482 e. The summed E-state index contributed by atoms with van der Waals surface area (Å²) < 4.78 is 19.9. The van der Waals surface area contributed by atoms with Crippen LogP contribution >= 0.6 is 0 Å². The summed E-state index contributed by atoms with van der Waals surface area (Å²) in [6.07, 6.45) is 0.606. The molecule has 0 aliphatic rings. The molecule has 120 valence electrons. The van der Waals surface area contributed by atoms with E-state index < -0.39 is 11.9 Å². The summed E-state index contributed by atoms with van der Waals surface area (Å²) in [5.41, 5.74) is 0.292. The van der Waals surface area contributed by atoms with E-state index in [1.807, 2.05) is 0 Å². The lowest BCUT2D eigenvalue weighted by atomic mass is 10.2. The largest absolute Gasteiger partial charge is 0.482 e. The van der Waals surface area contributed by atoms with E-state index in [2.05, 4.69) is 0 Å². The van der Waals surface area contributed by atoms with E-state index >= 15 is 0 Å². The first kappa shape index (κ1) is 17.5. The van der Waals surface area contributed by atoms with Gasteiger partial charge in [0, 0.05) is 11.6 Å². The number of aldehydes is 1. The Morgan fingerprint density at radius 3 is 1.73 bits per heavy atom. The van der Waals surface area contributed by atoms with Gasteiger partial charge in [0.25, 0.3) is 0 Å². The summed E-state index contributed by atoms with van der Waals surface area (Å²) in [6, 6.07) is 4.36. The Morgan fingerprint density at radius 1 is 0.909 bits per heavy atom. The van der Waals surface area contributed by atoms with Gasteiger partial charge in [-0.15, -0.1) is 0 Å². The van der Waals surface area contributed by atoms with E-state index in [-0.39, 0.29) is 37.9 Å².